The van der Waals surface area contributed by atoms with Crippen molar-refractivity contribution in [2.24, 2.45) is 5.92 Å². The van der Waals surface area contributed by atoms with E-state index in [-0.39, 0.29) is 5.97 Å². The van der Waals surface area contributed by atoms with Crippen LogP contribution in [0.15, 0.2) is 0 Å². The molecule has 1 N–H and O–H groups in total. The maximum absolute atomic E-state index is 12.0. The molecule has 0 saturated carbocycles. The van der Waals surface area contributed by atoms with Crippen molar-refractivity contribution in [3.8, 4) is 0 Å². The molecule has 0 radical (unpaired) electrons. The van der Waals surface area contributed by atoms with E-state index in [0.29, 0.717) is 0 Å². The minimum atomic E-state index is -0.537. The molecule has 2 atom stereocenters. The second-order valence-electron chi connectivity index (χ2n) is 6.57. The third-order valence-corrected chi connectivity index (χ3v) is 4.73. The number of esters is 1. The molecular weight excluding hydrogens is 264 g/mol. The monoisotopic (exact) mass is 298 g/mol. The Morgan fingerprint density at radius 3 is 2.81 bits per heavy atom. The first kappa shape index (κ1) is 18.4. The zero-order chi connectivity index (χ0) is 15.7. The van der Waals surface area contributed by atoms with Gasteiger partial charge in [0.1, 0.15) is 5.54 Å². The van der Waals surface area contributed by atoms with Gasteiger partial charge < -0.3 is 15.0 Å². The number of hydrogen-bond acceptors (Lipinski definition) is 4. The van der Waals surface area contributed by atoms with Gasteiger partial charge in [-0.3, -0.25) is 4.79 Å². The quantitative estimate of drug-likeness (QED) is 0.665. The summed E-state index contributed by atoms with van der Waals surface area (Å²) >= 11 is 0. The Bertz CT molecular complexity index is 309. The van der Waals surface area contributed by atoms with Crippen LogP contribution in [0.3, 0.4) is 0 Å². The minimum absolute atomic E-state index is 0.138. The van der Waals surface area contributed by atoms with Gasteiger partial charge in [-0.2, -0.15) is 0 Å². The molecule has 1 saturated heterocycles. The second kappa shape index (κ2) is 9.42. The van der Waals surface area contributed by atoms with E-state index < -0.39 is 5.54 Å². The summed E-state index contributed by atoms with van der Waals surface area (Å²) in [5.74, 6) is 0.727. The Balaban J connectivity index is 2.40. The predicted octanol–water partition coefficient (Wildman–Crippen LogP) is 2.82. The van der Waals surface area contributed by atoms with Crippen LogP contribution < -0.4 is 5.32 Å². The van der Waals surface area contributed by atoms with Crippen LogP contribution >= 0.6 is 0 Å². The van der Waals surface area contributed by atoms with Gasteiger partial charge in [-0.15, -0.1) is 0 Å². The predicted molar refractivity (Wildman–Crippen MR) is 87.4 cm³/mol. The number of likely N-dealkylation sites (tertiary alicyclic amines) is 1. The van der Waals surface area contributed by atoms with E-state index in [9.17, 15) is 4.79 Å². The molecule has 2 unspecified atom stereocenters. The number of methoxy groups -OCH3 is 1. The molecule has 0 aromatic carbocycles. The SMILES string of the molecule is CCCNC(C)(CCCN1CCCC(CC)C1)C(=O)OC. The first-order valence-corrected chi connectivity index (χ1v) is 8.61. The summed E-state index contributed by atoms with van der Waals surface area (Å²) < 4.78 is 4.97. The zero-order valence-corrected chi connectivity index (χ0v) is 14.4. The summed E-state index contributed by atoms with van der Waals surface area (Å²) in [5, 5.41) is 3.36. The number of hydrogen-bond donors (Lipinski definition) is 1. The molecule has 1 heterocycles. The van der Waals surface area contributed by atoms with Crippen molar-refractivity contribution in [1.82, 2.24) is 10.2 Å². The average Bonchev–Trinajstić information content (AvgIpc) is 2.52. The molecule has 0 amide bonds. The highest BCUT2D eigenvalue weighted by Crippen LogP contribution is 2.21. The van der Waals surface area contributed by atoms with E-state index in [1.54, 1.807) is 0 Å². The molecule has 124 valence electrons. The van der Waals surface area contributed by atoms with Crippen LogP contribution in [0, 0.1) is 5.92 Å². The lowest BCUT2D eigenvalue weighted by molar-refractivity contribution is -0.148. The molecule has 1 fully saturated rings. The summed E-state index contributed by atoms with van der Waals surface area (Å²) in [5.41, 5.74) is -0.537. The van der Waals surface area contributed by atoms with Gasteiger partial charge in [0, 0.05) is 6.54 Å². The third-order valence-electron chi connectivity index (χ3n) is 4.73. The molecule has 4 heteroatoms. The fraction of sp³-hybridized carbons (Fsp3) is 0.941. The standard InChI is InChI=1S/C17H34N2O2/c1-5-11-18-17(3,16(20)21-4)10-8-13-19-12-7-9-15(6-2)14-19/h15,18H,5-14H2,1-4H3. The van der Waals surface area contributed by atoms with E-state index in [4.69, 9.17) is 4.74 Å². The highest BCUT2D eigenvalue weighted by Gasteiger charge is 2.33. The van der Waals surface area contributed by atoms with Crippen LogP contribution in [0.2, 0.25) is 0 Å². The third kappa shape index (κ3) is 5.95. The first-order chi connectivity index (χ1) is 10.1. The molecule has 0 spiro atoms. The fourth-order valence-corrected chi connectivity index (χ4v) is 3.23. The Labute approximate surface area is 130 Å². The average molecular weight is 298 g/mol. The fourth-order valence-electron chi connectivity index (χ4n) is 3.23. The minimum Gasteiger partial charge on any atom is -0.468 e. The van der Waals surface area contributed by atoms with Crippen LogP contribution in [0.5, 0.6) is 0 Å². The lowest BCUT2D eigenvalue weighted by Crippen LogP contribution is -2.51. The van der Waals surface area contributed by atoms with E-state index in [0.717, 1.165) is 38.3 Å². The van der Waals surface area contributed by atoms with Crippen molar-refractivity contribution in [3.63, 3.8) is 0 Å². The van der Waals surface area contributed by atoms with Gasteiger partial charge in [-0.25, -0.2) is 0 Å². The molecule has 4 nitrogen and oxygen atoms in total. The molecule has 0 aromatic heterocycles. The second-order valence-corrected chi connectivity index (χ2v) is 6.57. The molecule has 0 aromatic rings. The molecule has 1 rings (SSSR count). The smallest absolute Gasteiger partial charge is 0.325 e. The number of rotatable bonds is 9. The van der Waals surface area contributed by atoms with E-state index in [1.807, 2.05) is 6.92 Å². The maximum atomic E-state index is 12.0. The number of nitrogens with zero attached hydrogens (tertiary/aromatic N) is 1. The Morgan fingerprint density at radius 2 is 2.19 bits per heavy atom. The normalized spacial score (nSPS) is 22.8. The molecule has 0 aliphatic carbocycles. The highest BCUT2D eigenvalue weighted by molar-refractivity contribution is 5.80. The molecule has 21 heavy (non-hydrogen) atoms. The van der Waals surface area contributed by atoms with Gasteiger partial charge in [0.25, 0.3) is 0 Å². The van der Waals surface area contributed by atoms with E-state index >= 15 is 0 Å². The van der Waals surface area contributed by atoms with Gasteiger partial charge in [-0.05, 0) is 64.6 Å². The largest absolute Gasteiger partial charge is 0.468 e. The molecule has 1 aliphatic rings. The van der Waals surface area contributed by atoms with Crippen molar-refractivity contribution in [1.29, 1.82) is 0 Å². The van der Waals surface area contributed by atoms with Crippen LogP contribution in [-0.4, -0.2) is 49.7 Å². The lowest BCUT2D eigenvalue weighted by Gasteiger charge is -2.33. The van der Waals surface area contributed by atoms with Crippen LogP contribution in [0.4, 0.5) is 0 Å². The number of ether oxygens (including phenoxy) is 1. The zero-order valence-electron chi connectivity index (χ0n) is 14.4. The number of nitrogens with one attached hydrogen (secondary N) is 1. The van der Waals surface area contributed by atoms with Gasteiger partial charge >= 0.3 is 5.97 Å². The Hall–Kier alpha value is -0.610. The van der Waals surface area contributed by atoms with E-state index in [1.165, 1.54) is 39.5 Å². The van der Waals surface area contributed by atoms with Crippen LogP contribution in [0.25, 0.3) is 0 Å². The summed E-state index contributed by atoms with van der Waals surface area (Å²) in [4.78, 5) is 14.6. The Morgan fingerprint density at radius 1 is 1.43 bits per heavy atom. The van der Waals surface area contributed by atoms with E-state index in [2.05, 4.69) is 24.1 Å². The number of carbonyl (C=O) groups excluding carboxylic acids is 1. The van der Waals surface area contributed by atoms with Crippen LogP contribution in [-0.2, 0) is 9.53 Å². The van der Waals surface area contributed by atoms with Crippen molar-refractivity contribution < 1.29 is 9.53 Å². The number of carbonyl (C=O) groups is 1. The van der Waals surface area contributed by atoms with Gasteiger partial charge in [0.05, 0.1) is 7.11 Å². The highest BCUT2D eigenvalue weighted by atomic mass is 16.5. The van der Waals surface area contributed by atoms with Crippen molar-refractivity contribution in [3.05, 3.63) is 0 Å². The molecule has 0 bridgehead atoms. The summed E-state index contributed by atoms with van der Waals surface area (Å²) in [7, 11) is 1.48. The van der Waals surface area contributed by atoms with Gasteiger partial charge in [0.2, 0.25) is 0 Å². The molecule has 1 aliphatic heterocycles. The van der Waals surface area contributed by atoms with Gasteiger partial charge in [-0.1, -0.05) is 20.3 Å². The topological polar surface area (TPSA) is 41.6 Å². The summed E-state index contributed by atoms with van der Waals surface area (Å²) in [6, 6.07) is 0. The Kier molecular flexibility index (Phi) is 8.27. The first-order valence-electron chi connectivity index (χ1n) is 8.61. The van der Waals surface area contributed by atoms with Crippen molar-refractivity contribution >= 4 is 5.97 Å². The number of piperidine rings is 1. The summed E-state index contributed by atoms with van der Waals surface area (Å²) in [6.45, 7) is 10.8. The van der Waals surface area contributed by atoms with Crippen LogP contribution in [0.1, 0.15) is 59.3 Å². The van der Waals surface area contributed by atoms with Crippen molar-refractivity contribution in [2.75, 3.05) is 33.3 Å². The van der Waals surface area contributed by atoms with Crippen molar-refractivity contribution in [2.45, 2.75) is 64.8 Å². The summed E-state index contributed by atoms with van der Waals surface area (Å²) in [6.07, 6.45) is 6.89. The lowest BCUT2D eigenvalue weighted by atomic mass is 9.93. The molecular formula is C17H34N2O2. The maximum Gasteiger partial charge on any atom is 0.325 e. The van der Waals surface area contributed by atoms with Gasteiger partial charge in [0.15, 0.2) is 0 Å².